The first-order valence-corrected chi connectivity index (χ1v) is 7.19. The van der Waals surface area contributed by atoms with Gasteiger partial charge in [-0.1, -0.05) is 30.3 Å². The number of hydrogen-bond acceptors (Lipinski definition) is 2. The molecular formula is C15H15IN2O2. The molecule has 0 saturated heterocycles. The first-order chi connectivity index (χ1) is 9.69. The molecule has 0 spiro atoms. The number of carbonyl (C=O) groups excluding carboxylic acids is 1. The van der Waals surface area contributed by atoms with Crippen molar-refractivity contribution in [2.75, 3.05) is 12.4 Å². The van der Waals surface area contributed by atoms with Gasteiger partial charge in [-0.3, -0.25) is 0 Å². The number of hydrogen-bond donors (Lipinski definition) is 2. The molecule has 0 aliphatic rings. The zero-order valence-corrected chi connectivity index (χ0v) is 13.2. The number of nitrogens with one attached hydrogen (secondary N) is 2. The van der Waals surface area contributed by atoms with E-state index in [-0.39, 0.29) is 6.03 Å². The van der Waals surface area contributed by atoms with E-state index in [9.17, 15) is 4.79 Å². The Labute approximate surface area is 131 Å². The van der Waals surface area contributed by atoms with E-state index in [1.54, 1.807) is 13.2 Å². The van der Waals surface area contributed by atoms with Crippen molar-refractivity contribution in [3.8, 4) is 5.75 Å². The summed E-state index contributed by atoms with van der Waals surface area (Å²) in [4.78, 5) is 11.9. The third kappa shape index (κ3) is 4.12. The average molecular weight is 382 g/mol. The maximum Gasteiger partial charge on any atom is 0.319 e. The van der Waals surface area contributed by atoms with Crippen molar-refractivity contribution in [3.05, 3.63) is 57.7 Å². The van der Waals surface area contributed by atoms with Gasteiger partial charge in [0.25, 0.3) is 0 Å². The number of ether oxygens (including phenoxy) is 1. The molecule has 2 rings (SSSR count). The third-order valence-corrected chi connectivity index (χ3v) is 3.66. The van der Waals surface area contributed by atoms with Gasteiger partial charge in [-0.15, -0.1) is 0 Å². The Kier molecular flexibility index (Phi) is 5.23. The molecule has 2 amide bonds. The minimum Gasteiger partial charge on any atom is -0.497 e. The highest BCUT2D eigenvalue weighted by atomic mass is 127. The van der Waals surface area contributed by atoms with Gasteiger partial charge in [-0.05, 0) is 40.3 Å². The topological polar surface area (TPSA) is 50.4 Å². The van der Waals surface area contributed by atoms with Crippen LogP contribution in [-0.2, 0) is 6.54 Å². The van der Waals surface area contributed by atoms with E-state index in [1.165, 1.54) is 0 Å². The molecule has 5 heteroatoms. The standard InChI is InChI=1S/C15H15IN2O2/c1-20-12-7-8-13(16)14(9-12)18-15(19)17-10-11-5-3-2-4-6-11/h2-9H,10H2,1H3,(H2,17,18,19). The fourth-order valence-electron chi connectivity index (χ4n) is 1.67. The van der Waals surface area contributed by atoms with Crippen LogP contribution in [-0.4, -0.2) is 13.1 Å². The van der Waals surface area contributed by atoms with Crippen molar-refractivity contribution in [2.45, 2.75) is 6.54 Å². The summed E-state index contributed by atoms with van der Waals surface area (Å²) in [5.74, 6) is 0.712. The molecular weight excluding hydrogens is 367 g/mol. The Morgan fingerprint density at radius 2 is 1.95 bits per heavy atom. The molecule has 4 nitrogen and oxygen atoms in total. The summed E-state index contributed by atoms with van der Waals surface area (Å²) in [7, 11) is 1.60. The summed E-state index contributed by atoms with van der Waals surface area (Å²) >= 11 is 2.17. The number of methoxy groups -OCH3 is 1. The van der Waals surface area contributed by atoms with Gasteiger partial charge in [0.2, 0.25) is 0 Å². The first-order valence-electron chi connectivity index (χ1n) is 6.11. The van der Waals surface area contributed by atoms with Gasteiger partial charge in [0.15, 0.2) is 0 Å². The highest BCUT2D eigenvalue weighted by Gasteiger charge is 2.06. The lowest BCUT2D eigenvalue weighted by atomic mass is 10.2. The minimum atomic E-state index is -0.236. The van der Waals surface area contributed by atoms with Crippen molar-refractivity contribution in [1.82, 2.24) is 5.32 Å². The molecule has 0 aromatic heterocycles. The lowest BCUT2D eigenvalue weighted by molar-refractivity contribution is 0.251. The minimum absolute atomic E-state index is 0.236. The Hall–Kier alpha value is -1.76. The van der Waals surface area contributed by atoms with E-state index in [4.69, 9.17) is 4.74 Å². The zero-order chi connectivity index (χ0) is 14.4. The van der Waals surface area contributed by atoms with Crippen molar-refractivity contribution < 1.29 is 9.53 Å². The highest BCUT2D eigenvalue weighted by Crippen LogP contribution is 2.23. The second-order valence-electron chi connectivity index (χ2n) is 4.14. The molecule has 104 valence electrons. The molecule has 0 fully saturated rings. The normalized spacial score (nSPS) is 9.90. The van der Waals surface area contributed by atoms with Gasteiger partial charge >= 0.3 is 6.03 Å². The van der Waals surface area contributed by atoms with Gasteiger partial charge < -0.3 is 15.4 Å². The van der Waals surface area contributed by atoms with E-state index in [2.05, 4.69) is 33.2 Å². The van der Waals surface area contributed by atoms with E-state index >= 15 is 0 Å². The van der Waals surface area contributed by atoms with Gasteiger partial charge in [-0.25, -0.2) is 4.79 Å². The van der Waals surface area contributed by atoms with Crippen LogP contribution in [0, 0.1) is 3.57 Å². The molecule has 2 aromatic carbocycles. The smallest absolute Gasteiger partial charge is 0.319 e. The van der Waals surface area contributed by atoms with Gasteiger partial charge in [0.1, 0.15) is 5.75 Å². The van der Waals surface area contributed by atoms with E-state index in [0.717, 1.165) is 14.8 Å². The lowest BCUT2D eigenvalue weighted by Gasteiger charge is -2.10. The number of urea groups is 1. The van der Waals surface area contributed by atoms with E-state index in [0.29, 0.717) is 12.3 Å². The van der Waals surface area contributed by atoms with Crippen molar-refractivity contribution in [1.29, 1.82) is 0 Å². The Balaban J connectivity index is 1.94. The van der Waals surface area contributed by atoms with Crippen LogP contribution in [0.5, 0.6) is 5.75 Å². The molecule has 0 aliphatic carbocycles. The van der Waals surface area contributed by atoms with Crippen LogP contribution in [0.4, 0.5) is 10.5 Å². The van der Waals surface area contributed by atoms with Gasteiger partial charge in [0, 0.05) is 16.2 Å². The SMILES string of the molecule is COc1ccc(I)c(NC(=O)NCc2ccccc2)c1. The first kappa shape index (κ1) is 14.6. The molecule has 0 bridgehead atoms. The predicted molar refractivity (Wildman–Crippen MR) is 88.0 cm³/mol. The second kappa shape index (κ2) is 7.14. The largest absolute Gasteiger partial charge is 0.497 e. The van der Waals surface area contributed by atoms with Crippen molar-refractivity contribution >= 4 is 34.3 Å². The van der Waals surface area contributed by atoms with Crippen molar-refractivity contribution in [3.63, 3.8) is 0 Å². The summed E-state index contributed by atoms with van der Waals surface area (Å²) in [5.41, 5.74) is 1.79. The number of halogens is 1. The van der Waals surface area contributed by atoms with E-state index < -0.39 is 0 Å². The highest BCUT2D eigenvalue weighted by molar-refractivity contribution is 14.1. The molecule has 0 atom stereocenters. The number of anilines is 1. The van der Waals surface area contributed by atoms with Crippen LogP contribution in [0.3, 0.4) is 0 Å². The van der Waals surface area contributed by atoms with Crippen LogP contribution in [0.25, 0.3) is 0 Å². The zero-order valence-electron chi connectivity index (χ0n) is 11.0. The summed E-state index contributed by atoms with van der Waals surface area (Å²) in [6, 6.07) is 15.1. The molecule has 0 heterocycles. The molecule has 2 N–H and O–H groups in total. The lowest BCUT2D eigenvalue weighted by Crippen LogP contribution is -2.28. The quantitative estimate of drug-likeness (QED) is 0.794. The molecule has 0 unspecified atom stereocenters. The fourth-order valence-corrected chi connectivity index (χ4v) is 2.14. The van der Waals surface area contributed by atoms with Crippen LogP contribution in [0.1, 0.15) is 5.56 Å². The Morgan fingerprint density at radius 3 is 2.65 bits per heavy atom. The fraction of sp³-hybridized carbons (Fsp3) is 0.133. The predicted octanol–water partition coefficient (Wildman–Crippen LogP) is 3.62. The molecule has 0 saturated carbocycles. The Bertz CT molecular complexity index is 588. The van der Waals surface area contributed by atoms with Crippen LogP contribution >= 0.6 is 22.6 Å². The van der Waals surface area contributed by atoms with Gasteiger partial charge in [0.05, 0.1) is 12.8 Å². The number of benzene rings is 2. The summed E-state index contributed by atoms with van der Waals surface area (Å²) in [6.45, 7) is 0.493. The van der Waals surface area contributed by atoms with Gasteiger partial charge in [-0.2, -0.15) is 0 Å². The number of rotatable bonds is 4. The summed E-state index contributed by atoms with van der Waals surface area (Å²) < 4.78 is 6.10. The van der Waals surface area contributed by atoms with Crippen LogP contribution < -0.4 is 15.4 Å². The van der Waals surface area contributed by atoms with Crippen LogP contribution in [0.15, 0.2) is 48.5 Å². The molecule has 0 aliphatic heterocycles. The van der Waals surface area contributed by atoms with Crippen molar-refractivity contribution in [2.24, 2.45) is 0 Å². The molecule has 20 heavy (non-hydrogen) atoms. The summed E-state index contributed by atoms with van der Waals surface area (Å²) in [5, 5.41) is 5.64. The second-order valence-corrected chi connectivity index (χ2v) is 5.30. The number of carbonyl (C=O) groups is 1. The average Bonchev–Trinajstić information content (AvgIpc) is 2.48. The monoisotopic (exact) mass is 382 g/mol. The summed E-state index contributed by atoms with van der Waals surface area (Å²) in [6.07, 6.45) is 0. The molecule has 0 radical (unpaired) electrons. The number of amides is 2. The van der Waals surface area contributed by atoms with E-state index in [1.807, 2.05) is 42.5 Å². The Morgan fingerprint density at radius 1 is 1.20 bits per heavy atom. The molecule has 2 aromatic rings. The maximum absolute atomic E-state index is 11.9. The maximum atomic E-state index is 11.9. The van der Waals surface area contributed by atoms with Crippen LogP contribution in [0.2, 0.25) is 0 Å². The third-order valence-electron chi connectivity index (χ3n) is 2.72.